The predicted molar refractivity (Wildman–Crippen MR) is 86.3 cm³/mol. The molecule has 6 heteroatoms. The Hall–Kier alpha value is -2.34. The van der Waals surface area contributed by atoms with E-state index < -0.39 is 0 Å². The Balaban J connectivity index is 2.16. The lowest BCUT2D eigenvalue weighted by Crippen LogP contribution is -2.18. The van der Waals surface area contributed by atoms with Crippen LogP contribution in [0, 0.1) is 0 Å². The third-order valence-corrected chi connectivity index (χ3v) is 3.39. The van der Waals surface area contributed by atoms with E-state index in [4.69, 9.17) is 5.73 Å². The Morgan fingerprint density at radius 2 is 1.71 bits per heavy atom. The van der Waals surface area contributed by atoms with Gasteiger partial charge in [0.05, 0.1) is 5.56 Å². The van der Waals surface area contributed by atoms with Crippen LogP contribution in [0.1, 0.15) is 20.7 Å². The van der Waals surface area contributed by atoms with E-state index in [1.54, 1.807) is 49.5 Å². The van der Waals surface area contributed by atoms with E-state index in [2.05, 4.69) is 26.6 Å². The molecule has 2 amide bonds. The Labute approximate surface area is 130 Å². The molecule has 0 bridgehead atoms. The second kappa shape index (κ2) is 6.41. The Bertz CT molecular complexity index is 684. The first-order chi connectivity index (χ1) is 10.0. The second-order valence-corrected chi connectivity index (χ2v) is 5.26. The number of nitrogen functional groups attached to an aromatic ring is 1. The molecule has 0 unspecified atom stereocenters. The summed E-state index contributed by atoms with van der Waals surface area (Å²) in [5, 5.41) is 5.27. The molecule has 21 heavy (non-hydrogen) atoms. The molecule has 0 aliphatic heterocycles. The first kappa shape index (κ1) is 15.1. The number of benzene rings is 2. The molecular weight excluding hydrogens is 334 g/mol. The number of hydrogen-bond acceptors (Lipinski definition) is 3. The monoisotopic (exact) mass is 347 g/mol. The topological polar surface area (TPSA) is 84.2 Å². The van der Waals surface area contributed by atoms with Gasteiger partial charge < -0.3 is 16.4 Å². The van der Waals surface area contributed by atoms with Crippen molar-refractivity contribution in [1.29, 1.82) is 0 Å². The van der Waals surface area contributed by atoms with Gasteiger partial charge in [0.2, 0.25) is 0 Å². The van der Waals surface area contributed by atoms with Gasteiger partial charge in [0.15, 0.2) is 0 Å². The Kier molecular flexibility index (Phi) is 4.59. The largest absolute Gasteiger partial charge is 0.398 e. The van der Waals surface area contributed by atoms with Gasteiger partial charge in [-0.25, -0.2) is 0 Å². The summed E-state index contributed by atoms with van der Waals surface area (Å²) in [6.07, 6.45) is 0. The van der Waals surface area contributed by atoms with Crippen molar-refractivity contribution in [3.63, 3.8) is 0 Å². The van der Waals surface area contributed by atoms with Crippen molar-refractivity contribution in [1.82, 2.24) is 5.32 Å². The van der Waals surface area contributed by atoms with Crippen molar-refractivity contribution >= 4 is 39.1 Å². The number of halogens is 1. The van der Waals surface area contributed by atoms with Crippen LogP contribution >= 0.6 is 15.9 Å². The number of amides is 2. The molecule has 4 N–H and O–H groups in total. The third-order valence-electron chi connectivity index (χ3n) is 2.89. The molecule has 2 aromatic rings. The second-order valence-electron chi connectivity index (χ2n) is 4.34. The molecule has 0 saturated heterocycles. The minimum Gasteiger partial charge on any atom is -0.398 e. The quantitative estimate of drug-likeness (QED) is 0.746. The van der Waals surface area contributed by atoms with E-state index in [0.717, 1.165) is 4.47 Å². The van der Waals surface area contributed by atoms with E-state index in [0.29, 0.717) is 22.5 Å². The number of carbonyl (C=O) groups excluding carboxylic acids is 2. The zero-order chi connectivity index (χ0) is 15.4. The summed E-state index contributed by atoms with van der Waals surface area (Å²) >= 11 is 3.30. The number of carbonyl (C=O) groups is 2. The summed E-state index contributed by atoms with van der Waals surface area (Å²) in [7, 11) is 1.56. The van der Waals surface area contributed by atoms with Gasteiger partial charge >= 0.3 is 0 Å². The van der Waals surface area contributed by atoms with E-state index >= 15 is 0 Å². The van der Waals surface area contributed by atoms with E-state index in [-0.39, 0.29) is 11.8 Å². The molecule has 2 aromatic carbocycles. The van der Waals surface area contributed by atoms with Crippen LogP contribution in [-0.2, 0) is 0 Å². The molecule has 0 aromatic heterocycles. The molecule has 0 fully saturated rings. The van der Waals surface area contributed by atoms with Gasteiger partial charge in [-0.1, -0.05) is 15.9 Å². The minimum atomic E-state index is -0.304. The maximum atomic E-state index is 12.2. The molecule has 0 aliphatic rings. The first-order valence-corrected chi connectivity index (χ1v) is 6.99. The van der Waals surface area contributed by atoms with E-state index in [1.807, 2.05) is 0 Å². The summed E-state index contributed by atoms with van der Waals surface area (Å²) in [4.78, 5) is 23.6. The fourth-order valence-corrected chi connectivity index (χ4v) is 2.13. The summed E-state index contributed by atoms with van der Waals surface area (Å²) in [5.74, 6) is -0.481. The third kappa shape index (κ3) is 3.61. The normalized spacial score (nSPS) is 10.0. The average Bonchev–Trinajstić information content (AvgIpc) is 2.49. The molecule has 0 aliphatic carbocycles. The van der Waals surface area contributed by atoms with Crippen LogP contribution in [0.2, 0.25) is 0 Å². The lowest BCUT2D eigenvalue weighted by atomic mass is 10.1. The summed E-state index contributed by atoms with van der Waals surface area (Å²) < 4.78 is 0.775. The van der Waals surface area contributed by atoms with Crippen molar-refractivity contribution in [2.75, 3.05) is 18.1 Å². The van der Waals surface area contributed by atoms with Gasteiger partial charge in [0.25, 0.3) is 11.8 Å². The maximum absolute atomic E-state index is 12.2. The van der Waals surface area contributed by atoms with Gasteiger partial charge in [0, 0.05) is 28.5 Å². The zero-order valence-corrected chi connectivity index (χ0v) is 12.9. The lowest BCUT2D eigenvalue weighted by molar-refractivity contribution is 0.0962. The Morgan fingerprint density at radius 3 is 2.33 bits per heavy atom. The van der Waals surface area contributed by atoms with Crippen LogP contribution in [0.4, 0.5) is 11.4 Å². The van der Waals surface area contributed by atoms with Crippen molar-refractivity contribution in [2.24, 2.45) is 0 Å². The van der Waals surface area contributed by atoms with Crippen LogP contribution in [0.5, 0.6) is 0 Å². The molecule has 0 spiro atoms. The van der Waals surface area contributed by atoms with Gasteiger partial charge in [-0.05, 0) is 42.5 Å². The molecule has 5 nitrogen and oxygen atoms in total. The highest BCUT2D eigenvalue weighted by Crippen LogP contribution is 2.20. The molecular formula is C15H14BrN3O2. The number of nitrogens with one attached hydrogen (secondary N) is 2. The summed E-state index contributed by atoms with van der Waals surface area (Å²) in [5.41, 5.74) is 7.70. The number of nitrogens with two attached hydrogens (primary N) is 1. The number of rotatable bonds is 3. The fraction of sp³-hybridized carbons (Fsp3) is 0.0667. The molecule has 0 radical (unpaired) electrons. The first-order valence-electron chi connectivity index (χ1n) is 6.20. The highest BCUT2D eigenvalue weighted by molar-refractivity contribution is 9.10. The summed E-state index contributed by atoms with van der Waals surface area (Å²) in [6.45, 7) is 0. The molecule has 0 atom stereocenters. The summed E-state index contributed by atoms with van der Waals surface area (Å²) in [6, 6.07) is 11.7. The van der Waals surface area contributed by atoms with Crippen LogP contribution in [-0.4, -0.2) is 18.9 Å². The van der Waals surface area contributed by atoms with Gasteiger partial charge in [-0.15, -0.1) is 0 Å². The molecule has 2 rings (SSSR count). The number of anilines is 2. The molecule has 0 saturated carbocycles. The number of hydrogen-bond donors (Lipinski definition) is 3. The standard InChI is InChI=1S/C15H14BrN3O2/c1-18-14(20)9-2-5-11(6-3-9)19-15(21)12-8-10(16)4-7-13(12)17/h2-8H,17H2,1H3,(H,18,20)(H,19,21). The van der Waals surface area contributed by atoms with Crippen LogP contribution in [0.3, 0.4) is 0 Å². The van der Waals surface area contributed by atoms with Crippen LogP contribution in [0.15, 0.2) is 46.9 Å². The van der Waals surface area contributed by atoms with Gasteiger partial charge in [-0.3, -0.25) is 9.59 Å². The van der Waals surface area contributed by atoms with Crippen LogP contribution < -0.4 is 16.4 Å². The fourth-order valence-electron chi connectivity index (χ4n) is 1.77. The van der Waals surface area contributed by atoms with Gasteiger partial charge in [-0.2, -0.15) is 0 Å². The van der Waals surface area contributed by atoms with Crippen molar-refractivity contribution in [3.8, 4) is 0 Å². The van der Waals surface area contributed by atoms with Crippen molar-refractivity contribution in [2.45, 2.75) is 0 Å². The zero-order valence-electron chi connectivity index (χ0n) is 11.3. The Morgan fingerprint density at radius 1 is 1.05 bits per heavy atom. The molecule has 108 valence electrons. The highest BCUT2D eigenvalue weighted by atomic mass is 79.9. The van der Waals surface area contributed by atoms with Crippen molar-refractivity contribution < 1.29 is 9.59 Å². The van der Waals surface area contributed by atoms with E-state index in [1.165, 1.54) is 0 Å². The van der Waals surface area contributed by atoms with Crippen LogP contribution in [0.25, 0.3) is 0 Å². The maximum Gasteiger partial charge on any atom is 0.257 e. The van der Waals surface area contributed by atoms with E-state index in [9.17, 15) is 9.59 Å². The highest BCUT2D eigenvalue weighted by Gasteiger charge is 2.11. The SMILES string of the molecule is CNC(=O)c1ccc(NC(=O)c2cc(Br)ccc2N)cc1. The lowest BCUT2D eigenvalue weighted by Gasteiger charge is -2.08. The van der Waals surface area contributed by atoms with Crippen molar-refractivity contribution in [3.05, 3.63) is 58.1 Å². The predicted octanol–water partition coefficient (Wildman–Crippen LogP) is 2.64. The average molecular weight is 348 g/mol. The molecule has 0 heterocycles. The minimum absolute atomic E-state index is 0.177. The van der Waals surface area contributed by atoms with Gasteiger partial charge in [0.1, 0.15) is 0 Å². The smallest absolute Gasteiger partial charge is 0.257 e.